The number of carbonyl (C=O) groups is 1. The normalized spacial score (nSPS) is 47.1. The number of fused-ring (bicyclic) bond motifs is 3. The molecule has 2 heteroatoms. The molecule has 3 aliphatic carbocycles. The smallest absolute Gasteiger partial charge is 0.146 e. The van der Waals surface area contributed by atoms with Gasteiger partial charge in [-0.15, -0.1) is 0 Å². The van der Waals surface area contributed by atoms with Crippen LogP contribution in [0.5, 0.6) is 0 Å². The average Bonchev–Trinajstić information content (AvgIpc) is 2.44. The molecule has 0 heterocycles. The van der Waals surface area contributed by atoms with E-state index >= 15 is 0 Å². The molecular formula is C20H32O2. The van der Waals surface area contributed by atoms with Crippen LogP contribution in [0.1, 0.15) is 66.2 Å². The molecule has 2 fully saturated rings. The molecule has 0 amide bonds. The molecule has 2 unspecified atom stereocenters. The van der Waals surface area contributed by atoms with Crippen LogP contribution in [-0.4, -0.2) is 18.0 Å². The number of allylic oxidation sites excluding steroid dienone is 1. The molecule has 0 saturated heterocycles. The topological polar surface area (TPSA) is 37.3 Å². The number of carbonyl (C=O) groups excluding carboxylic acids is 1. The van der Waals surface area contributed by atoms with E-state index in [1.54, 1.807) is 0 Å². The fourth-order valence-corrected chi connectivity index (χ4v) is 6.86. The molecule has 2 saturated carbocycles. The minimum absolute atomic E-state index is 0.0339. The molecule has 2 nitrogen and oxygen atoms in total. The zero-order valence-corrected chi connectivity index (χ0v) is 14.7. The molecule has 0 spiro atoms. The van der Waals surface area contributed by atoms with Crippen LogP contribution in [-0.2, 0) is 4.79 Å². The second kappa shape index (κ2) is 5.19. The molecule has 22 heavy (non-hydrogen) atoms. The third kappa shape index (κ3) is 2.06. The average molecular weight is 304 g/mol. The van der Waals surface area contributed by atoms with Crippen LogP contribution in [0.15, 0.2) is 11.6 Å². The van der Waals surface area contributed by atoms with Crippen LogP contribution < -0.4 is 0 Å². The number of aldehydes is 1. The third-order valence-electron chi connectivity index (χ3n) is 7.95. The monoisotopic (exact) mass is 304 g/mol. The van der Waals surface area contributed by atoms with Crippen LogP contribution >= 0.6 is 0 Å². The lowest BCUT2D eigenvalue weighted by Crippen LogP contribution is -2.58. The summed E-state index contributed by atoms with van der Waals surface area (Å²) in [4.78, 5) is 11.4. The second-order valence-corrected chi connectivity index (χ2v) is 9.29. The maximum atomic E-state index is 11.4. The van der Waals surface area contributed by atoms with Crippen molar-refractivity contribution in [3.8, 4) is 0 Å². The summed E-state index contributed by atoms with van der Waals surface area (Å²) in [7, 11) is 0. The van der Waals surface area contributed by atoms with Crippen molar-refractivity contribution in [3.05, 3.63) is 11.6 Å². The number of hydrogen-bond acceptors (Lipinski definition) is 2. The Morgan fingerprint density at radius 1 is 1.14 bits per heavy atom. The fraction of sp³-hybridized carbons (Fsp3) is 0.850. The summed E-state index contributed by atoms with van der Waals surface area (Å²) in [6, 6.07) is 0. The van der Waals surface area contributed by atoms with Gasteiger partial charge in [0, 0.05) is 5.92 Å². The van der Waals surface area contributed by atoms with Gasteiger partial charge >= 0.3 is 0 Å². The van der Waals surface area contributed by atoms with Crippen molar-refractivity contribution >= 4 is 6.29 Å². The van der Waals surface area contributed by atoms with Crippen molar-refractivity contribution in [2.75, 3.05) is 6.61 Å². The van der Waals surface area contributed by atoms with Crippen molar-refractivity contribution in [2.45, 2.75) is 66.2 Å². The van der Waals surface area contributed by atoms with Crippen molar-refractivity contribution in [2.24, 2.45) is 34.0 Å². The van der Waals surface area contributed by atoms with Gasteiger partial charge in [-0.2, -0.15) is 0 Å². The molecule has 0 aromatic heterocycles. The van der Waals surface area contributed by atoms with Crippen molar-refractivity contribution in [1.82, 2.24) is 0 Å². The number of aliphatic hydroxyl groups is 1. The lowest BCUT2D eigenvalue weighted by atomic mass is 9.40. The van der Waals surface area contributed by atoms with Gasteiger partial charge in [0.15, 0.2) is 0 Å². The first-order valence-electron chi connectivity index (χ1n) is 9.05. The summed E-state index contributed by atoms with van der Waals surface area (Å²) in [5, 5.41) is 9.98. The van der Waals surface area contributed by atoms with Gasteiger partial charge in [-0.05, 0) is 65.8 Å². The Balaban J connectivity index is 2.04. The van der Waals surface area contributed by atoms with E-state index in [2.05, 4.69) is 33.8 Å². The van der Waals surface area contributed by atoms with E-state index in [-0.39, 0.29) is 17.9 Å². The van der Waals surface area contributed by atoms with Crippen LogP contribution in [0.2, 0.25) is 0 Å². The maximum Gasteiger partial charge on any atom is 0.146 e. The molecule has 0 radical (unpaired) electrons. The minimum Gasteiger partial charge on any atom is -0.396 e. The van der Waals surface area contributed by atoms with Gasteiger partial charge in [-0.25, -0.2) is 0 Å². The summed E-state index contributed by atoms with van der Waals surface area (Å²) in [6.45, 7) is 9.88. The highest BCUT2D eigenvalue weighted by molar-refractivity contribution is 5.74. The van der Waals surface area contributed by atoms with E-state index in [0.717, 1.165) is 30.6 Å². The lowest BCUT2D eigenvalue weighted by molar-refractivity contribution is -0.150. The largest absolute Gasteiger partial charge is 0.396 e. The summed E-state index contributed by atoms with van der Waals surface area (Å²) in [5.41, 5.74) is 1.71. The SMILES string of the molecule is CC1(C)CCC[C@@]2(C)C1CC[C@]1(C)C2CC=C(C=O)[C@H]1CO. The molecule has 0 aliphatic heterocycles. The summed E-state index contributed by atoms with van der Waals surface area (Å²) in [6.07, 6.45) is 10.5. The molecule has 0 bridgehead atoms. The first-order valence-corrected chi connectivity index (χ1v) is 9.05. The van der Waals surface area contributed by atoms with Gasteiger partial charge in [-0.1, -0.05) is 40.2 Å². The Hall–Kier alpha value is -0.630. The quantitative estimate of drug-likeness (QED) is 0.769. The highest BCUT2D eigenvalue weighted by atomic mass is 16.3. The van der Waals surface area contributed by atoms with E-state index in [0.29, 0.717) is 16.7 Å². The van der Waals surface area contributed by atoms with E-state index in [1.807, 2.05) is 0 Å². The van der Waals surface area contributed by atoms with Crippen LogP contribution in [0.25, 0.3) is 0 Å². The molecule has 0 aromatic rings. The highest BCUT2D eigenvalue weighted by Crippen LogP contribution is 2.68. The predicted molar refractivity (Wildman–Crippen MR) is 89.4 cm³/mol. The second-order valence-electron chi connectivity index (χ2n) is 9.29. The predicted octanol–water partition coefficient (Wildman–Crippen LogP) is 4.37. The molecule has 0 aromatic carbocycles. The first kappa shape index (κ1) is 16.2. The van der Waals surface area contributed by atoms with Gasteiger partial charge in [0.1, 0.15) is 6.29 Å². The van der Waals surface area contributed by atoms with E-state index in [1.165, 1.54) is 25.7 Å². The number of rotatable bonds is 2. The highest BCUT2D eigenvalue weighted by Gasteiger charge is 2.60. The van der Waals surface area contributed by atoms with E-state index in [9.17, 15) is 9.90 Å². The molecule has 5 atom stereocenters. The van der Waals surface area contributed by atoms with Crippen LogP contribution in [0, 0.1) is 34.0 Å². The van der Waals surface area contributed by atoms with Crippen molar-refractivity contribution in [3.63, 3.8) is 0 Å². The fourth-order valence-electron chi connectivity index (χ4n) is 6.86. The van der Waals surface area contributed by atoms with Gasteiger partial charge in [0.25, 0.3) is 0 Å². The van der Waals surface area contributed by atoms with Gasteiger partial charge in [0.05, 0.1) is 6.61 Å². The Kier molecular flexibility index (Phi) is 3.83. The number of aliphatic hydroxyl groups excluding tert-OH is 1. The first-order chi connectivity index (χ1) is 10.3. The molecule has 124 valence electrons. The standard InChI is InChI=1S/C20H32O2/c1-18(2)9-5-10-20(4)16(18)8-11-19(3)15(13-22)14(12-21)6-7-17(19)20/h6,12,15-17,22H,5,7-11,13H2,1-4H3/t15-,16?,17?,19+,20+/m1/s1. The zero-order valence-electron chi connectivity index (χ0n) is 14.7. The number of hydrogen-bond donors (Lipinski definition) is 1. The zero-order chi connectivity index (χ0) is 16.2. The Labute approximate surface area is 135 Å². The van der Waals surface area contributed by atoms with Crippen molar-refractivity contribution < 1.29 is 9.90 Å². The van der Waals surface area contributed by atoms with Gasteiger partial charge < -0.3 is 5.11 Å². The van der Waals surface area contributed by atoms with E-state index < -0.39 is 0 Å². The molecule has 1 N–H and O–H groups in total. The van der Waals surface area contributed by atoms with Gasteiger partial charge in [0.2, 0.25) is 0 Å². The molecule has 3 rings (SSSR count). The summed E-state index contributed by atoms with van der Waals surface area (Å²) >= 11 is 0. The summed E-state index contributed by atoms with van der Waals surface area (Å²) < 4.78 is 0. The Morgan fingerprint density at radius 2 is 1.86 bits per heavy atom. The third-order valence-corrected chi connectivity index (χ3v) is 7.95. The lowest BCUT2D eigenvalue weighted by Gasteiger charge is -2.65. The summed E-state index contributed by atoms with van der Waals surface area (Å²) in [5.74, 6) is 1.41. The van der Waals surface area contributed by atoms with Gasteiger partial charge in [-0.3, -0.25) is 4.79 Å². The van der Waals surface area contributed by atoms with Crippen molar-refractivity contribution in [1.29, 1.82) is 0 Å². The molecular weight excluding hydrogens is 272 g/mol. The maximum absolute atomic E-state index is 11.4. The van der Waals surface area contributed by atoms with E-state index in [4.69, 9.17) is 0 Å². The molecule has 3 aliphatic rings. The minimum atomic E-state index is 0.0339. The van der Waals surface area contributed by atoms with Crippen LogP contribution in [0.4, 0.5) is 0 Å². The van der Waals surface area contributed by atoms with Crippen LogP contribution in [0.3, 0.4) is 0 Å². The Morgan fingerprint density at radius 3 is 2.50 bits per heavy atom. The Bertz CT molecular complexity index is 492.